The first-order valence-electron chi connectivity index (χ1n) is 8.62. The molecule has 2 aliphatic rings. The van der Waals surface area contributed by atoms with E-state index >= 15 is 0 Å². The monoisotopic (exact) mass is 307 g/mol. The van der Waals surface area contributed by atoms with Gasteiger partial charge in [-0.1, -0.05) is 6.92 Å². The minimum atomic E-state index is 0.127. The first-order valence-corrected chi connectivity index (χ1v) is 9.44. The van der Waals surface area contributed by atoms with Gasteiger partial charge in [0.15, 0.2) is 0 Å². The van der Waals surface area contributed by atoms with Gasteiger partial charge in [0.1, 0.15) is 5.01 Å². The lowest BCUT2D eigenvalue weighted by molar-refractivity contribution is 0.131. The lowest BCUT2D eigenvalue weighted by Crippen LogP contribution is -2.53. The Morgan fingerprint density at radius 1 is 1.24 bits per heavy atom. The van der Waals surface area contributed by atoms with Gasteiger partial charge in [0, 0.05) is 24.0 Å². The fraction of sp³-hybridized carbons (Fsp3) is 0.824. The summed E-state index contributed by atoms with van der Waals surface area (Å²) in [7, 11) is 0. The van der Waals surface area contributed by atoms with Crippen LogP contribution in [-0.2, 0) is 18.4 Å². The van der Waals surface area contributed by atoms with Crippen molar-refractivity contribution in [1.29, 1.82) is 0 Å². The summed E-state index contributed by atoms with van der Waals surface area (Å²) in [6.07, 6.45) is 7.53. The first kappa shape index (κ1) is 15.4. The van der Waals surface area contributed by atoms with Crippen LogP contribution < -0.4 is 5.32 Å². The largest absolute Gasteiger partial charge is 0.303 e. The van der Waals surface area contributed by atoms with E-state index in [1.165, 1.54) is 68.9 Å². The predicted octanol–water partition coefficient (Wildman–Crippen LogP) is 3.33. The summed E-state index contributed by atoms with van der Waals surface area (Å²) < 4.78 is 0. The Labute approximate surface area is 133 Å². The molecule has 0 bridgehead atoms. The Hall–Kier alpha value is -0.450. The third-order valence-corrected chi connectivity index (χ3v) is 6.34. The molecule has 1 N–H and O–H groups in total. The summed E-state index contributed by atoms with van der Waals surface area (Å²) in [5.74, 6) is 0. The zero-order chi connectivity index (χ0) is 14.9. The molecule has 1 saturated heterocycles. The van der Waals surface area contributed by atoms with E-state index in [0.29, 0.717) is 6.04 Å². The topological polar surface area (TPSA) is 28.2 Å². The average molecular weight is 308 g/mol. The third kappa shape index (κ3) is 3.17. The van der Waals surface area contributed by atoms with Crippen LogP contribution in [0.4, 0.5) is 0 Å². The van der Waals surface area contributed by atoms with Crippen molar-refractivity contribution in [2.75, 3.05) is 19.6 Å². The molecule has 1 fully saturated rings. The fourth-order valence-corrected chi connectivity index (χ4v) is 5.14. The molecule has 21 heavy (non-hydrogen) atoms. The molecular weight excluding hydrogens is 278 g/mol. The van der Waals surface area contributed by atoms with E-state index in [1.54, 1.807) is 4.88 Å². The molecule has 1 aromatic rings. The SMILES string of the molecule is CCN1CCC(NC(C)C)(c2nc3c(s2)CCCC3)CC1. The summed E-state index contributed by atoms with van der Waals surface area (Å²) >= 11 is 2.00. The number of nitrogens with zero attached hydrogens (tertiary/aromatic N) is 2. The van der Waals surface area contributed by atoms with Gasteiger partial charge in [-0.05, 0) is 58.9 Å². The summed E-state index contributed by atoms with van der Waals surface area (Å²) in [6.45, 7) is 10.4. The molecule has 4 heteroatoms. The van der Waals surface area contributed by atoms with Gasteiger partial charge in [0.25, 0.3) is 0 Å². The molecule has 0 spiro atoms. The highest BCUT2D eigenvalue weighted by atomic mass is 32.1. The van der Waals surface area contributed by atoms with Gasteiger partial charge in [-0.15, -0.1) is 11.3 Å². The van der Waals surface area contributed by atoms with Crippen LogP contribution in [0.15, 0.2) is 0 Å². The maximum absolute atomic E-state index is 5.09. The molecule has 0 aromatic carbocycles. The van der Waals surface area contributed by atoms with Crippen molar-refractivity contribution >= 4 is 11.3 Å². The molecule has 0 saturated carbocycles. The van der Waals surface area contributed by atoms with Gasteiger partial charge in [0.05, 0.1) is 11.2 Å². The maximum Gasteiger partial charge on any atom is 0.113 e. The Morgan fingerprint density at radius 2 is 1.95 bits per heavy atom. The molecule has 0 radical (unpaired) electrons. The molecule has 3 rings (SSSR count). The molecule has 1 aliphatic heterocycles. The molecule has 0 atom stereocenters. The van der Waals surface area contributed by atoms with Gasteiger partial charge in [-0.3, -0.25) is 0 Å². The number of piperidine rings is 1. The number of likely N-dealkylation sites (tertiary alicyclic amines) is 1. The number of nitrogens with one attached hydrogen (secondary N) is 1. The van der Waals surface area contributed by atoms with E-state index in [9.17, 15) is 0 Å². The summed E-state index contributed by atoms with van der Waals surface area (Å²) in [4.78, 5) is 9.22. The van der Waals surface area contributed by atoms with Gasteiger partial charge < -0.3 is 10.2 Å². The van der Waals surface area contributed by atoms with Crippen molar-refractivity contribution in [3.63, 3.8) is 0 Å². The third-order valence-electron chi connectivity index (χ3n) is 4.98. The Kier molecular flexibility index (Phi) is 4.67. The molecule has 3 nitrogen and oxygen atoms in total. The van der Waals surface area contributed by atoms with Crippen molar-refractivity contribution in [2.24, 2.45) is 0 Å². The van der Waals surface area contributed by atoms with Crippen molar-refractivity contribution in [3.8, 4) is 0 Å². The average Bonchev–Trinajstić information content (AvgIpc) is 2.92. The molecule has 1 aliphatic carbocycles. The van der Waals surface area contributed by atoms with Gasteiger partial charge in [-0.2, -0.15) is 0 Å². The highest BCUT2D eigenvalue weighted by Gasteiger charge is 2.39. The van der Waals surface area contributed by atoms with Crippen LogP contribution in [0.1, 0.15) is 62.0 Å². The number of hydrogen-bond acceptors (Lipinski definition) is 4. The van der Waals surface area contributed by atoms with Crippen LogP contribution in [0.2, 0.25) is 0 Å². The van der Waals surface area contributed by atoms with Crippen molar-refractivity contribution in [1.82, 2.24) is 15.2 Å². The summed E-state index contributed by atoms with van der Waals surface area (Å²) in [5.41, 5.74) is 1.53. The molecular formula is C17H29N3S. The van der Waals surface area contributed by atoms with Crippen LogP contribution in [-0.4, -0.2) is 35.6 Å². The lowest BCUT2D eigenvalue weighted by atomic mass is 9.87. The number of hydrogen-bond donors (Lipinski definition) is 1. The van der Waals surface area contributed by atoms with E-state index in [4.69, 9.17) is 4.98 Å². The first-order chi connectivity index (χ1) is 10.1. The molecule has 1 aromatic heterocycles. The van der Waals surface area contributed by atoms with Crippen LogP contribution in [0, 0.1) is 0 Å². The number of thiazole rings is 1. The minimum absolute atomic E-state index is 0.127. The highest BCUT2D eigenvalue weighted by molar-refractivity contribution is 7.11. The molecule has 118 valence electrons. The molecule has 0 unspecified atom stereocenters. The van der Waals surface area contributed by atoms with E-state index in [2.05, 4.69) is 31.0 Å². The summed E-state index contributed by atoms with van der Waals surface area (Å²) in [6, 6.07) is 0.513. The smallest absolute Gasteiger partial charge is 0.113 e. The van der Waals surface area contributed by atoms with Crippen LogP contribution in [0.3, 0.4) is 0 Å². The Balaban J connectivity index is 1.87. The van der Waals surface area contributed by atoms with E-state index in [-0.39, 0.29) is 5.54 Å². The number of rotatable bonds is 4. The van der Waals surface area contributed by atoms with Crippen LogP contribution in [0.25, 0.3) is 0 Å². The highest BCUT2D eigenvalue weighted by Crippen LogP contribution is 2.38. The quantitative estimate of drug-likeness (QED) is 0.925. The second-order valence-electron chi connectivity index (χ2n) is 6.91. The van der Waals surface area contributed by atoms with Crippen molar-refractivity contribution in [2.45, 2.75) is 70.9 Å². The van der Waals surface area contributed by atoms with Crippen LogP contribution in [0.5, 0.6) is 0 Å². The normalized spacial score (nSPS) is 22.5. The number of aromatic nitrogens is 1. The van der Waals surface area contributed by atoms with Crippen LogP contribution >= 0.6 is 11.3 Å². The second kappa shape index (κ2) is 6.35. The summed E-state index contributed by atoms with van der Waals surface area (Å²) in [5, 5.41) is 5.26. The van der Waals surface area contributed by atoms with Gasteiger partial charge in [-0.25, -0.2) is 4.98 Å². The van der Waals surface area contributed by atoms with Crippen molar-refractivity contribution < 1.29 is 0 Å². The molecule has 0 amide bonds. The minimum Gasteiger partial charge on any atom is -0.303 e. The zero-order valence-electron chi connectivity index (χ0n) is 13.7. The second-order valence-corrected chi connectivity index (χ2v) is 8.00. The fourth-order valence-electron chi connectivity index (χ4n) is 3.78. The van der Waals surface area contributed by atoms with E-state index < -0.39 is 0 Å². The lowest BCUT2D eigenvalue weighted by Gasteiger charge is -2.42. The van der Waals surface area contributed by atoms with Gasteiger partial charge in [0.2, 0.25) is 0 Å². The van der Waals surface area contributed by atoms with Crippen molar-refractivity contribution in [3.05, 3.63) is 15.6 Å². The van der Waals surface area contributed by atoms with Gasteiger partial charge >= 0.3 is 0 Å². The Morgan fingerprint density at radius 3 is 2.57 bits per heavy atom. The standard InChI is InChI=1S/C17H29N3S/c1-4-20-11-9-17(10-12-20,19-13(2)3)16-18-14-7-5-6-8-15(14)21-16/h13,19H,4-12H2,1-3H3. The molecule has 2 heterocycles. The number of aryl methyl sites for hydroxylation is 2. The van der Waals surface area contributed by atoms with E-state index in [0.717, 1.165) is 0 Å². The Bertz CT molecular complexity index is 449. The number of fused-ring (bicyclic) bond motifs is 1. The maximum atomic E-state index is 5.09. The van der Waals surface area contributed by atoms with E-state index in [1.807, 2.05) is 11.3 Å². The zero-order valence-corrected chi connectivity index (χ0v) is 14.6. The predicted molar refractivity (Wildman–Crippen MR) is 90.1 cm³/mol.